The summed E-state index contributed by atoms with van der Waals surface area (Å²) in [5.74, 6) is 0. The second-order valence-corrected chi connectivity index (χ2v) is 3.66. The van der Waals surface area contributed by atoms with Crippen molar-refractivity contribution in [3.05, 3.63) is 35.0 Å². The quantitative estimate of drug-likeness (QED) is 0.548. The Morgan fingerprint density at radius 2 is 2.50 bits per heavy atom. The van der Waals surface area contributed by atoms with Crippen LogP contribution in [-0.2, 0) is 0 Å². The highest BCUT2D eigenvalue weighted by molar-refractivity contribution is 7.07. The third-order valence-electron chi connectivity index (χ3n) is 1.89. The average Bonchev–Trinajstić information content (AvgIpc) is 2.56. The van der Waals surface area contributed by atoms with Crippen LogP contribution in [0.2, 0.25) is 0 Å². The average molecular weight is 181 g/mol. The molecular formula is C10H15NS. The summed E-state index contributed by atoms with van der Waals surface area (Å²) < 4.78 is 0. The molecule has 1 atom stereocenters. The molecule has 66 valence electrons. The number of thiophene rings is 1. The number of hydrogen-bond acceptors (Lipinski definition) is 2. The Labute approximate surface area is 77.9 Å². The molecule has 0 aliphatic heterocycles. The zero-order valence-electron chi connectivity index (χ0n) is 7.20. The first-order chi connectivity index (χ1) is 5.84. The van der Waals surface area contributed by atoms with Gasteiger partial charge < -0.3 is 5.73 Å². The number of unbranched alkanes of at least 4 members (excludes halogenated alkanes) is 1. The van der Waals surface area contributed by atoms with Gasteiger partial charge in [0.2, 0.25) is 0 Å². The van der Waals surface area contributed by atoms with E-state index in [0.29, 0.717) is 0 Å². The van der Waals surface area contributed by atoms with Gasteiger partial charge in [-0.25, -0.2) is 0 Å². The molecular weight excluding hydrogens is 166 g/mol. The van der Waals surface area contributed by atoms with Crippen LogP contribution in [-0.4, -0.2) is 0 Å². The summed E-state index contributed by atoms with van der Waals surface area (Å²) in [6.45, 7) is 3.68. The Bertz CT molecular complexity index is 216. The van der Waals surface area contributed by atoms with Gasteiger partial charge >= 0.3 is 0 Å². The van der Waals surface area contributed by atoms with Crippen molar-refractivity contribution in [2.75, 3.05) is 0 Å². The smallest absolute Gasteiger partial charge is 0.0303 e. The lowest BCUT2D eigenvalue weighted by atomic mass is 10.1. The van der Waals surface area contributed by atoms with Crippen LogP contribution in [0.1, 0.15) is 30.9 Å². The van der Waals surface area contributed by atoms with Crippen molar-refractivity contribution in [2.45, 2.75) is 25.3 Å². The van der Waals surface area contributed by atoms with Gasteiger partial charge in [-0.3, -0.25) is 0 Å². The third kappa shape index (κ3) is 2.80. The molecule has 12 heavy (non-hydrogen) atoms. The Morgan fingerprint density at radius 1 is 1.67 bits per heavy atom. The fourth-order valence-corrected chi connectivity index (χ4v) is 1.86. The van der Waals surface area contributed by atoms with Crippen LogP contribution in [0.4, 0.5) is 0 Å². The third-order valence-corrected chi connectivity index (χ3v) is 2.60. The van der Waals surface area contributed by atoms with E-state index in [1.165, 1.54) is 5.56 Å². The SMILES string of the molecule is C=CCCCC(N)c1ccsc1. The molecule has 0 bridgehead atoms. The number of nitrogens with two attached hydrogens (primary N) is 1. The first-order valence-corrected chi connectivity index (χ1v) is 5.17. The van der Waals surface area contributed by atoms with Gasteiger partial charge in [0.15, 0.2) is 0 Å². The fourth-order valence-electron chi connectivity index (χ4n) is 1.13. The molecule has 0 aliphatic rings. The van der Waals surface area contributed by atoms with Crippen molar-refractivity contribution in [2.24, 2.45) is 5.73 Å². The molecule has 0 amide bonds. The minimum absolute atomic E-state index is 0.219. The molecule has 0 saturated heterocycles. The maximum absolute atomic E-state index is 5.95. The van der Waals surface area contributed by atoms with E-state index in [1.54, 1.807) is 11.3 Å². The first kappa shape index (κ1) is 9.49. The highest BCUT2D eigenvalue weighted by Gasteiger charge is 2.04. The molecule has 2 heteroatoms. The van der Waals surface area contributed by atoms with E-state index < -0.39 is 0 Å². The minimum atomic E-state index is 0.219. The Balaban J connectivity index is 2.29. The second-order valence-electron chi connectivity index (χ2n) is 2.88. The molecule has 0 aromatic carbocycles. The molecule has 0 spiro atoms. The topological polar surface area (TPSA) is 26.0 Å². The lowest BCUT2D eigenvalue weighted by molar-refractivity contribution is 0.619. The second kappa shape index (κ2) is 5.12. The molecule has 1 rings (SSSR count). The molecule has 0 aliphatic carbocycles. The van der Waals surface area contributed by atoms with Crippen molar-refractivity contribution >= 4 is 11.3 Å². The predicted octanol–water partition coefficient (Wildman–Crippen LogP) is 3.10. The van der Waals surface area contributed by atoms with Crippen molar-refractivity contribution in [3.8, 4) is 0 Å². The number of rotatable bonds is 5. The molecule has 1 aromatic heterocycles. The van der Waals surface area contributed by atoms with E-state index in [4.69, 9.17) is 5.73 Å². The summed E-state index contributed by atoms with van der Waals surface area (Å²) in [5, 5.41) is 4.20. The largest absolute Gasteiger partial charge is 0.324 e. The van der Waals surface area contributed by atoms with Gasteiger partial charge in [-0.1, -0.05) is 6.08 Å². The lowest BCUT2D eigenvalue weighted by Crippen LogP contribution is -2.08. The summed E-state index contributed by atoms with van der Waals surface area (Å²) >= 11 is 1.71. The van der Waals surface area contributed by atoms with Crippen LogP contribution in [0.5, 0.6) is 0 Å². The van der Waals surface area contributed by atoms with Crippen molar-refractivity contribution in [1.29, 1.82) is 0 Å². The minimum Gasteiger partial charge on any atom is -0.324 e. The Hall–Kier alpha value is -0.600. The molecule has 1 nitrogen and oxygen atoms in total. The van der Waals surface area contributed by atoms with Gasteiger partial charge in [-0.2, -0.15) is 11.3 Å². The number of allylic oxidation sites excluding steroid dienone is 1. The van der Waals surface area contributed by atoms with Crippen molar-refractivity contribution < 1.29 is 0 Å². The van der Waals surface area contributed by atoms with Gasteiger partial charge in [0, 0.05) is 6.04 Å². The van der Waals surface area contributed by atoms with E-state index in [9.17, 15) is 0 Å². The Kier molecular flexibility index (Phi) is 4.05. The van der Waals surface area contributed by atoms with Gasteiger partial charge in [0.1, 0.15) is 0 Å². The zero-order valence-corrected chi connectivity index (χ0v) is 8.02. The van der Waals surface area contributed by atoms with Crippen LogP contribution in [0.3, 0.4) is 0 Å². The van der Waals surface area contributed by atoms with E-state index in [-0.39, 0.29) is 6.04 Å². The van der Waals surface area contributed by atoms with E-state index in [0.717, 1.165) is 19.3 Å². The van der Waals surface area contributed by atoms with Gasteiger partial charge in [0.25, 0.3) is 0 Å². The van der Waals surface area contributed by atoms with E-state index in [2.05, 4.69) is 23.4 Å². The fraction of sp³-hybridized carbons (Fsp3) is 0.400. The van der Waals surface area contributed by atoms with Crippen LogP contribution in [0, 0.1) is 0 Å². The summed E-state index contributed by atoms with van der Waals surface area (Å²) in [7, 11) is 0. The monoisotopic (exact) mass is 181 g/mol. The maximum Gasteiger partial charge on any atom is 0.0303 e. The normalized spacial score (nSPS) is 12.8. The van der Waals surface area contributed by atoms with Crippen LogP contribution < -0.4 is 5.73 Å². The maximum atomic E-state index is 5.95. The summed E-state index contributed by atoms with van der Waals surface area (Å²) in [4.78, 5) is 0. The Morgan fingerprint density at radius 3 is 3.08 bits per heavy atom. The van der Waals surface area contributed by atoms with Gasteiger partial charge in [-0.15, -0.1) is 6.58 Å². The standard InChI is InChI=1S/C10H15NS/c1-2-3-4-5-10(11)9-6-7-12-8-9/h2,6-8,10H,1,3-5,11H2. The molecule has 0 fully saturated rings. The van der Waals surface area contributed by atoms with Crippen LogP contribution in [0.15, 0.2) is 29.5 Å². The molecule has 0 saturated carbocycles. The summed E-state index contributed by atoms with van der Waals surface area (Å²) in [5.41, 5.74) is 7.22. The zero-order chi connectivity index (χ0) is 8.81. The van der Waals surface area contributed by atoms with Crippen molar-refractivity contribution in [3.63, 3.8) is 0 Å². The summed E-state index contributed by atoms with van der Waals surface area (Å²) in [6.07, 6.45) is 5.21. The molecule has 1 aromatic rings. The molecule has 0 radical (unpaired) electrons. The van der Waals surface area contributed by atoms with Gasteiger partial charge in [0.05, 0.1) is 0 Å². The lowest BCUT2D eigenvalue weighted by Gasteiger charge is -2.07. The number of hydrogen-bond donors (Lipinski definition) is 1. The van der Waals surface area contributed by atoms with Crippen LogP contribution in [0.25, 0.3) is 0 Å². The van der Waals surface area contributed by atoms with Crippen LogP contribution >= 0.6 is 11.3 Å². The van der Waals surface area contributed by atoms with E-state index in [1.807, 2.05) is 6.08 Å². The van der Waals surface area contributed by atoms with Crippen molar-refractivity contribution in [1.82, 2.24) is 0 Å². The highest BCUT2D eigenvalue weighted by atomic mass is 32.1. The molecule has 2 N–H and O–H groups in total. The first-order valence-electron chi connectivity index (χ1n) is 4.23. The molecule has 1 heterocycles. The summed E-state index contributed by atoms with van der Waals surface area (Å²) in [6, 6.07) is 2.32. The highest BCUT2D eigenvalue weighted by Crippen LogP contribution is 2.18. The molecule has 1 unspecified atom stereocenters. The predicted molar refractivity (Wildman–Crippen MR) is 55.3 cm³/mol. The van der Waals surface area contributed by atoms with E-state index >= 15 is 0 Å². The van der Waals surface area contributed by atoms with Gasteiger partial charge in [-0.05, 0) is 41.7 Å².